The Labute approximate surface area is 128 Å². The number of carbonyl (C=O) groups is 2. The number of aromatic nitrogens is 2. The summed E-state index contributed by atoms with van der Waals surface area (Å²) in [6.07, 6.45) is 2.61. The lowest BCUT2D eigenvalue weighted by Gasteiger charge is -2.19. The maximum Gasteiger partial charge on any atom is 0.420 e. The van der Waals surface area contributed by atoms with Gasteiger partial charge in [-0.25, -0.2) is 19.1 Å². The van der Waals surface area contributed by atoms with E-state index in [0.29, 0.717) is 0 Å². The summed E-state index contributed by atoms with van der Waals surface area (Å²) in [5.41, 5.74) is 0.874. The van der Waals surface area contributed by atoms with Gasteiger partial charge in [0.2, 0.25) is 6.10 Å². The minimum absolute atomic E-state index is 0.144. The Kier molecular flexibility index (Phi) is 5.30. The van der Waals surface area contributed by atoms with E-state index >= 15 is 0 Å². The van der Waals surface area contributed by atoms with Crippen molar-refractivity contribution in [2.75, 3.05) is 0 Å². The van der Waals surface area contributed by atoms with Crippen LogP contribution in [0.15, 0.2) is 49.1 Å². The monoisotopic (exact) mass is 302 g/mol. The standard InChI is InChI=1S/C16H18N2O4/c1-12(2)14(22-16(20)18-9-8-17-11-18)15(19)21-10-13-6-4-3-5-7-13/h3-9,11-12,14H,10H2,1-2H3. The molecule has 6 heteroatoms. The molecule has 0 aliphatic carbocycles. The average molecular weight is 302 g/mol. The Morgan fingerprint density at radius 1 is 1.23 bits per heavy atom. The molecule has 0 aliphatic heterocycles. The van der Waals surface area contributed by atoms with Crippen molar-refractivity contribution >= 4 is 12.1 Å². The molecule has 1 unspecified atom stereocenters. The van der Waals surface area contributed by atoms with Crippen LogP contribution in [0.25, 0.3) is 0 Å². The predicted molar refractivity (Wildman–Crippen MR) is 79.0 cm³/mol. The molecule has 0 fully saturated rings. The summed E-state index contributed by atoms with van der Waals surface area (Å²) < 4.78 is 11.6. The molecule has 1 heterocycles. The molecule has 1 aromatic carbocycles. The fourth-order valence-electron chi connectivity index (χ4n) is 1.80. The van der Waals surface area contributed by atoms with Gasteiger partial charge in [0.1, 0.15) is 12.9 Å². The second-order valence-electron chi connectivity index (χ2n) is 5.11. The Balaban J connectivity index is 1.95. The SMILES string of the molecule is CC(C)C(OC(=O)n1ccnc1)C(=O)OCc1ccccc1. The smallest absolute Gasteiger partial charge is 0.420 e. The first-order valence-corrected chi connectivity index (χ1v) is 6.97. The van der Waals surface area contributed by atoms with Gasteiger partial charge in [-0.3, -0.25) is 0 Å². The van der Waals surface area contributed by atoms with Gasteiger partial charge in [-0.2, -0.15) is 0 Å². The van der Waals surface area contributed by atoms with Crippen LogP contribution >= 0.6 is 0 Å². The van der Waals surface area contributed by atoms with Crippen LogP contribution in [-0.2, 0) is 20.9 Å². The van der Waals surface area contributed by atoms with E-state index in [1.165, 1.54) is 23.3 Å². The molecule has 0 N–H and O–H groups in total. The molecular formula is C16H18N2O4. The third kappa shape index (κ3) is 4.18. The summed E-state index contributed by atoms with van der Waals surface area (Å²) in [5, 5.41) is 0. The highest BCUT2D eigenvalue weighted by Crippen LogP contribution is 2.12. The molecule has 2 aromatic rings. The highest BCUT2D eigenvalue weighted by Gasteiger charge is 2.28. The number of carbonyl (C=O) groups excluding carboxylic acids is 2. The lowest BCUT2D eigenvalue weighted by atomic mass is 10.1. The first-order chi connectivity index (χ1) is 10.6. The molecule has 1 atom stereocenters. The highest BCUT2D eigenvalue weighted by atomic mass is 16.6. The quantitative estimate of drug-likeness (QED) is 0.794. The number of hydrogen-bond acceptors (Lipinski definition) is 5. The van der Waals surface area contributed by atoms with Gasteiger partial charge in [0.05, 0.1) is 0 Å². The van der Waals surface area contributed by atoms with Gasteiger partial charge >= 0.3 is 12.1 Å². The Morgan fingerprint density at radius 2 is 1.95 bits per heavy atom. The first kappa shape index (κ1) is 15.8. The van der Waals surface area contributed by atoms with Crippen LogP contribution in [0.2, 0.25) is 0 Å². The second kappa shape index (κ2) is 7.40. The van der Waals surface area contributed by atoms with Crippen LogP contribution < -0.4 is 0 Å². The molecule has 0 spiro atoms. The van der Waals surface area contributed by atoms with Crippen molar-refractivity contribution in [1.82, 2.24) is 9.55 Å². The number of esters is 1. The van der Waals surface area contributed by atoms with Crippen molar-refractivity contribution in [3.05, 3.63) is 54.6 Å². The Hall–Kier alpha value is -2.63. The molecule has 116 valence electrons. The van der Waals surface area contributed by atoms with E-state index in [4.69, 9.17) is 9.47 Å². The summed E-state index contributed by atoms with van der Waals surface area (Å²) in [4.78, 5) is 27.8. The number of rotatable bonds is 5. The van der Waals surface area contributed by atoms with Gasteiger partial charge in [-0.1, -0.05) is 44.2 Å². The summed E-state index contributed by atoms with van der Waals surface area (Å²) in [6.45, 7) is 3.72. The van der Waals surface area contributed by atoms with E-state index in [2.05, 4.69) is 4.98 Å². The first-order valence-electron chi connectivity index (χ1n) is 6.97. The molecule has 1 aromatic heterocycles. The van der Waals surface area contributed by atoms with E-state index in [9.17, 15) is 9.59 Å². The predicted octanol–water partition coefficient (Wildman–Crippen LogP) is 2.64. The number of ether oxygens (including phenoxy) is 2. The minimum Gasteiger partial charge on any atom is -0.458 e. The Bertz CT molecular complexity index is 608. The zero-order valence-corrected chi connectivity index (χ0v) is 12.5. The third-order valence-corrected chi connectivity index (χ3v) is 3.00. The summed E-state index contributed by atoms with van der Waals surface area (Å²) >= 11 is 0. The van der Waals surface area contributed by atoms with E-state index in [-0.39, 0.29) is 12.5 Å². The maximum absolute atomic E-state index is 12.1. The molecule has 0 saturated carbocycles. The average Bonchev–Trinajstić information content (AvgIpc) is 3.05. The lowest BCUT2D eigenvalue weighted by molar-refractivity contribution is -0.157. The summed E-state index contributed by atoms with van der Waals surface area (Å²) in [5.74, 6) is -0.761. The van der Waals surface area contributed by atoms with Gasteiger partial charge in [0, 0.05) is 18.3 Å². The molecule has 0 saturated heterocycles. The maximum atomic E-state index is 12.1. The van der Waals surface area contributed by atoms with E-state index < -0.39 is 18.2 Å². The van der Waals surface area contributed by atoms with Crippen molar-refractivity contribution < 1.29 is 19.1 Å². The second-order valence-corrected chi connectivity index (χ2v) is 5.11. The molecule has 0 amide bonds. The molecular weight excluding hydrogens is 284 g/mol. The number of benzene rings is 1. The van der Waals surface area contributed by atoms with Crippen LogP contribution in [-0.4, -0.2) is 27.7 Å². The van der Waals surface area contributed by atoms with Gasteiger partial charge in [-0.05, 0) is 5.56 Å². The van der Waals surface area contributed by atoms with Crippen molar-refractivity contribution in [3.8, 4) is 0 Å². The fraction of sp³-hybridized carbons (Fsp3) is 0.312. The van der Waals surface area contributed by atoms with Gasteiger partial charge in [-0.15, -0.1) is 0 Å². The molecule has 0 radical (unpaired) electrons. The molecule has 2 rings (SSSR count). The van der Waals surface area contributed by atoms with Crippen LogP contribution in [0, 0.1) is 5.92 Å². The number of nitrogens with zero attached hydrogens (tertiary/aromatic N) is 2. The summed E-state index contributed by atoms with van der Waals surface area (Å²) in [6, 6.07) is 9.32. The molecule has 0 bridgehead atoms. The zero-order valence-electron chi connectivity index (χ0n) is 12.5. The highest BCUT2D eigenvalue weighted by molar-refractivity contribution is 5.79. The van der Waals surface area contributed by atoms with Crippen molar-refractivity contribution in [2.45, 2.75) is 26.6 Å². The summed E-state index contributed by atoms with van der Waals surface area (Å²) in [7, 11) is 0. The van der Waals surface area contributed by atoms with Gasteiger partial charge in [0.15, 0.2) is 0 Å². The largest absolute Gasteiger partial charge is 0.458 e. The van der Waals surface area contributed by atoms with Crippen molar-refractivity contribution in [2.24, 2.45) is 5.92 Å². The van der Waals surface area contributed by atoms with E-state index in [0.717, 1.165) is 5.56 Å². The number of hydrogen-bond donors (Lipinski definition) is 0. The van der Waals surface area contributed by atoms with Gasteiger partial charge < -0.3 is 9.47 Å². The minimum atomic E-state index is -0.960. The Morgan fingerprint density at radius 3 is 2.55 bits per heavy atom. The van der Waals surface area contributed by atoms with Crippen LogP contribution in [0.3, 0.4) is 0 Å². The van der Waals surface area contributed by atoms with Crippen LogP contribution in [0.4, 0.5) is 4.79 Å². The van der Waals surface area contributed by atoms with Crippen molar-refractivity contribution in [1.29, 1.82) is 0 Å². The van der Waals surface area contributed by atoms with E-state index in [1.807, 2.05) is 30.3 Å². The fourth-order valence-corrected chi connectivity index (χ4v) is 1.80. The van der Waals surface area contributed by atoms with Crippen LogP contribution in [0.5, 0.6) is 0 Å². The van der Waals surface area contributed by atoms with Crippen LogP contribution in [0.1, 0.15) is 19.4 Å². The van der Waals surface area contributed by atoms with Crippen molar-refractivity contribution in [3.63, 3.8) is 0 Å². The number of imidazole rings is 1. The molecule has 6 nitrogen and oxygen atoms in total. The zero-order chi connectivity index (χ0) is 15.9. The molecule has 22 heavy (non-hydrogen) atoms. The third-order valence-electron chi connectivity index (χ3n) is 3.00. The van der Waals surface area contributed by atoms with Gasteiger partial charge in [0.25, 0.3) is 0 Å². The lowest BCUT2D eigenvalue weighted by Crippen LogP contribution is -2.34. The topological polar surface area (TPSA) is 70.4 Å². The molecule has 0 aliphatic rings. The normalized spacial score (nSPS) is 12.0. The van der Waals surface area contributed by atoms with E-state index in [1.54, 1.807) is 13.8 Å².